The van der Waals surface area contributed by atoms with Crippen molar-refractivity contribution in [3.8, 4) is 0 Å². The minimum absolute atomic E-state index is 0.228. The Morgan fingerprint density at radius 1 is 1.24 bits per heavy atom. The van der Waals surface area contributed by atoms with E-state index < -0.39 is 0 Å². The number of carbonyl (C=O) groups excluding carboxylic acids is 1. The van der Waals surface area contributed by atoms with E-state index >= 15 is 0 Å². The van der Waals surface area contributed by atoms with E-state index in [-0.39, 0.29) is 5.91 Å². The van der Waals surface area contributed by atoms with Gasteiger partial charge in [0, 0.05) is 39.3 Å². The lowest BCUT2D eigenvalue weighted by atomic mass is 9.72. The van der Waals surface area contributed by atoms with Crippen LogP contribution >= 0.6 is 0 Å². The molecule has 4 heteroatoms. The Morgan fingerprint density at radius 2 is 2.05 bits per heavy atom. The van der Waals surface area contributed by atoms with E-state index in [9.17, 15) is 4.79 Å². The molecule has 0 bridgehead atoms. The highest BCUT2D eigenvalue weighted by atomic mass is 16.2. The maximum Gasteiger partial charge on any atom is 0.219 e. The smallest absolute Gasteiger partial charge is 0.219 e. The molecule has 4 nitrogen and oxygen atoms in total. The molecular weight excluding hydrogens is 262 g/mol. The molecule has 0 aliphatic carbocycles. The van der Waals surface area contributed by atoms with Crippen molar-refractivity contribution < 1.29 is 4.79 Å². The fraction of sp³-hybridized carbons (Fsp3) is 0.647. The van der Waals surface area contributed by atoms with Gasteiger partial charge in [0.1, 0.15) is 0 Å². The number of rotatable bonds is 2. The van der Waals surface area contributed by atoms with E-state index in [1.165, 1.54) is 19.4 Å². The average Bonchev–Trinajstić information content (AvgIpc) is 2.49. The lowest BCUT2D eigenvalue weighted by Gasteiger charge is -2.47. The molecule has 0 saturated carbocycles. The monoisotopic (exact) mass is 287 g/mol. The maximum absolute atomic E-state index is 11.5. The van der Waals surface area contributed by atoms with Crippen LogP contribution in [0.5, 0.6) is 0 Å². The van der Waals surface area contributed by atoms with Gasteiger partial charge in [-0.25, -0.2) is 0 Å². The van der Waals surface area contributed by atoms with Gasteiger partial charge in [-0.3, -0.25) is 14.7 Å². The molecule has 2 saturated heterocycles. The van der Waals surface area contributed by atoms with Crippen LogP contribution in [-0.4, -0.2) is 46.9 Å². The van der Waals surface area contributed by atoms with Crippen LogP contribution in [0.15, 0.2) is 24.4 Å². The third-order valence-corrected chi connectivity index (χ3v) is 5.12. The summed E-state index contributed by atoms with van der Waals surface area (Å²) >= 11 is 0. The van der Waals surface area contributed by atoms with Gasteiger partial charge < -0.3 is 4.90 Å². The molecule has 1 spiro atoms. The van der Waals surface area contributed by atoms with E-state index in [2.05, 4.69) is 22.0 Å². The van der Waals surface area contributed by atoms with Crippen molar-refractivity contribution in [1.82, 2.24) is 14.8 Å². The molecule has 0 aromatic carbocycles. The lowest BCUT2D eigenvalue weighted by molar-refractivity contribution is -0.131. The predicted molar refractivity (Wildman–Crippen MR) is 82.7 cm³/mol. The average molecular weight is 287 g/mol. The molecule has 114 valence electrons. The summed E-state index contributed by atoms with van der Waals surface area (Å²) in [7, 11) is 0. The highest BCUT2D eigenvalue weighted by Gasteiger charge is 2.38. The molecule has 0 unspecified atom stereocenters. The topological polar surface area (TPSA) is 36.4 Å². The molecule has 0 radical (unpaired) electrons. The zero-order chi connectivity index (χ0) is 14.7. The zero-order valence-electron chi connectivity index (χ0n) is 12.9. The first-order valence-electron chi connectivity index (χ1n) is 8.05. The summed E-state index contributed by atoms with van der Waals surface area (Å²) < 4.78 is 0. The number of carbonyl (C=O) groups is 1. The van der Waals surface area contributed by atoms with Crippen LogP contribution in [0.1, 0.15) is 38.3 Å². The van der Waals surface area contributed by atoms with Crippen molar-refractivity contribution in [3.05, 3.63) is 30.1 Å². The number of likely N-dealkylation sites (tertiary alicyclic amines) is 2. The summed E-state index contributed by atoms with van der Waals surface area (Å²) in [4.78, 5) is 20.5. The zero-order valence-corrected chi connectivity index (χ0v) is 12.9. The largest absolute Gasteiger partial charge is 0.343 e. The highest BCUT2D eigenvalue weighted by molar-refractivity contribution is 5.73. The lowest BCUT2D eigenvalue weighted by Crippen LogP contribution is -2.50. The van der Waals surface area contributed by atoms with Gasteiger partial charge in [0.15, 0.2) is 0 Å². The van der Waals surface area contributed by atoms with E-state index in [4.69, 9.17) is 0 Å². The van der Waals surface area contributed by atoms with Gasteiger partial charge in [0.25, 0.3) is 0 Å². The number of nitrogens with zero attached hydrogens (tertiary/aromatic N) is 3. The fourth-order valence-corrected chi connectivity index (χ4v) is 3.87. The van der Waals surface area contributed by atoms with E-state index in [1.807, 2.05) is 17.2 Å². The van der Waals surface area contributed by atoms with Gasteiger partial charge in [0.05, 0.1) is 5.69 Å². The van der Waals surface area contributed by atoms with Gasteiger partial charge in [-0.1, -0.05) is 6.07 Å². The second kappa shape index (κ2) is 6.14. The third kappa shape index (κ3) is 3.43. The molecule has 2 aliphatic rings. The first-order valence-corrected chi connectivity index (χ1v) is 8.05. The third-order valence-electron chi connectivity index (χ3n) is 5.12. The maximum atomic E-state index is 11.5. The van der Waals surface area contributed by atoms with Crippen molar-refractivity contribution >= 4 is 5.91 Å². The normalized spacial score (nSPS) is 22.4. The molecular formula is C17H25N3O. The van der Waals surface area contributed by atoms with E-state index in [0.717, 1.165) is 44.7 Å². The molecule has 1 aromatic heterocycles. The summed E-state index contributed by atoms with van der Waals surface area (Å²) in [5, 5.41) is 0. The Bertz CT molecular complexity index is 480. The number of pyridine rings is 1. The van der Waals surface area contributed by atoms with Crippen molar-refractivity contribution in [2.45, 2.75) is 39.2 Å². The van der Waals surface area contributed by atoms with E-state index in [1.54, 1.807) is 6.92 Å². The molecule has 2 aliphatic heterocycles. The summed E-state index contributed by atoms with van der Waals surface area (Å²) in [6, 6.07) is 6.14. The SMILES string of the molecule is CC(=O)N1CCC2(CCCN(Cc3ccccn3)C2)CC1. The first kappa shape index (κ1) is 14.5. The Morgan fingerprint density at radius 3 is 2.71 bits per heavy atom. The number of piperidine rings is 2. The van der Waals surface area contributed by atoms with E-state index in [0.29, 0.717) is 5.41 Å². The minimum atomic E-state index is 0.228. The molecule has 21 heavy (non-hydrogen) atoms. The van der Waals surface area contributed by atoms with Crippen molar-refractivity contribution in [2.75, 3.05) is 26.2 Å². The molecule has 0 atom stereocenters. The summed E-state index contributed by atoms with van der Waals surface area (Å²) in [5.41, 5.74) is 1.59. The predicted octanol–water partition coefficient (Wildman–Crippen LogP) is 2.31. The molecule has 3 rings (SSSR count). The van der Waals surface area contributed by atoms with Crippen LogP contribution in [0.3, 0.4) is 0 Å². The minimum Gasteiger partial charge on any atom is -0.343 e. The van der Waals surface area contributed by atoms with Gasteiger partial charge in [-0.2, -0.15) is 0 Å². The number of aromatic nitrogens is 1. The number of hydrogen-bond donors (Lipinski definition) is 0. The molecule has 3 heterocycles. The van der Waals surface area contributed by atoms with Crippen LogP contribution in [-0.2, 0) is 11.3 Å². The van der Waals surface area contributed by atoms with Crippen molar-refractivity contribution in [3.63, 3.8) is 0 Å². The quantitative estimate of drug-likeness (QED) is 0.837. The Hall–Kier alpha value is -1.42. The summed E-state index contributed by atoms with van der Waals surface area (Å²) in [6.45, 7) is 6.86. The Kier molecular flexibility index (Phi) is 4.24. The van der Waals surface area contributed by atoms with Crippen LogP contribution in [0.25, 0.3) is 0 Å². The van der Waals surface area contributed by atoms with Crippen molar-refractivity contribution in [1.29, 1.82) is 0 Å². The Labute approximate surface area is 127 Å². The number of hydrogen-bond acceptors (Lipinski definition) is 3. The Balaban J connectivity index is 1.60. The molecule has 1 aromatic rings. The second-order valence-electron chi connectivity index (χ2n) is 6.64. The molecule has 2 fully saturated rings. The van der Waals surface area contributed by atoms with Gasteiger partial charge in [-0.15, -0.1) is 0 Å². The highest BCUT2D eigenvalue weighted by Crippen LogP contribution is 2.40. The van der Waals surface area contributed by atoms with Crippen LogP contribution in [0.4, 0.5) is 0 Å². The molecule has 0 N–H and O–H groups in total. The van der Waals surface area contributed by atoms with Gasteiger partial charge in [-0.05, 0) is 49.8 Å². The van der Waals surface area contributed by atoms with Crippen LogP contribution < -0.4 is 0 Å². The van der Waals surface area contributed by atoms with Gasteiger partial charge in [0.2, 0.25) is 5.91 Å². The second-order valence-corrected chi connectivity index (χ2v) is 6.64. The van der Waals surface area contributed by atoms with Crippen molar-refractivity contribution in [2.24, 2.45) is 5.41 Å². The first-order chi connectivity index (χ1) is 10.2. The number of amides is 1. The van der Waals surface area contributed by atoms with Crippen LogP contribution in [0.2, 0.25) is 0 Å². The summed E-state index contributed by atoms with van der Waals surface area (Å²) in [6.07, 6.45) is 6.78. The fourth-order valence-electron chi connectivity index (χ4n) is 3.87. The summed E-state index contributed by atoms with van der Waals surface area (Å²) in [5.74, 6) is 0.228. The van der Waals surface area contributed by atoms with Gasteiger partial charge >= 0.3 is 0 Å². The standard InChI is InChI=1S/C17H25N3O/c1-15(21)20-11-7-17(8-12-20)6-4-10-19(14-17)13-16-5-2-3-9-18-16/h2-3,5,9H,4,6-8,10-14H2,1H3. The van der Waals surface area contributed by atoms with Crippen LogP contribution in [0, 0.1) is 5.41 Å². The molecule has 1 amide bonds.